The lowest BCUT2D eigenvalue weighted by molar-refractivity contribution is -0.125. The summed E-state index contributed by atoms with van der Waals surface area (Å²) in [5, 5.41) is 0. The number of carbonyl (C=O) groups excluding carboxylic acids is 4. The molecular weight excluding hydrogens is 358 g/mol. The first kappa shape index (κ1) is 19.7. The lowest BCUT2D eigenvalue weighted by atomic mass is 9.65. The molecule has 146 valence electrons. The van der Waals surface area contributed by atoms with E-state index >= 15 is 0 Å². The third-order valence-corrected chi connectivity index (χ3v) is 4.93. The van der Waals surface area contributed by atoms with Crippen LogP contribution in [0.1, 0.15) is 40.2 Å². The number of amides is 2. The molecule has 0 spiro atoms. The third-order valence-electron chi connectivity index (χ3n) is 4.93. The zero-order chi connectivity index (χ0) is 20.9. The summed E-state index contributed by atoms with van der Waals surface area (Å²) in [7, 11) is 0. The second-order valence-electron chi connectivity index (χ2n) is 8.26. The van der Waals surface area contributed by atoms with E-state index in [9.17, 15) is 19.2 Å². The van der Waals surface area contributed by atoms with Gasteiger partial charge in [-0.3, -0.25) is 14.4 Å². The van der Waals surface area contributed by atoms with E-state index in [4.69, 9.17) is 4.74 Å². The van der Waals surface area contributed by atoms with Crippen molar-refractivity contribution in [3.8, 4) is 0 Å². The van der Waals surface area contributed by atoms with Gasteiger partial charge < -0.3 is 4.74 Å². The monoisotopic (exact) mass is 381 g/mol. The predicted octanol–water partition coefficient (Wildman–Crippen LogP) is 3.50. The van der Waals surface area contributed by atoms with E-state index in [1.54, 1.807) is 58.9 Å². The first-order valence-electron chi connectivity index (χ1n) is 9.15. The fourth-order valence-electron chi connectivity index (χ4n) is 3.84. The third kappa shape index (κ3) is 2.89. The van der Waals surface area contributed by atoms with Crippen LogP contribution < -0.4 is 4.90 Å². The highest BCUT2D eigenvalue weighted by molar-refractivity contribution is 6.29. The van der Waals surface area contributed by atoms with Crippen LogP contribution in [0.5, 0.6) is 0 Å². The molecule has 1 heterocycles. The molecule has 2 aliphatic rings. The van der Waals surface area contributed by atoms with Gasteiger partial charge in [-0.1, -0.05) is 32.0 Å². The van der Waals surface area contributed by atoms with Crippen molar-refractivity contribution in [2.24, 2.45) is 5.92 Å². The Labute approximate surface area is 163 Å². The smallest absolute Gasteiger partial charge is 0.421 e. The van der Waals surface area contributed by atoms with Gasteiger partial charge in [0.2, 0.25) is 0 Å². The Kier molecular flexibility index (Phi) is 4.61. The van der Waals surface area contributed by atoms with Gasteiger partial charge in [0.1, 0.15) is 11.0 Å². The second-order valence-corrected chi connectivity index (χ2v) is 8.26. The minimum atomic E-state index is -1.44. The topological polar surface area (TPSA) is 80.8 Å². The van der Waals surface area contributed by atoms with E-state index in [0.717, 1.165) is 4.90 Å². The number of hydrogen-bond donors (Lipinski definition) is 0. The van der Waals surface area contributed by atoms with E-state index in [2.05, 4.69) is 0 Å². The number of rotatable bonds is 2. The van der Waals surface area contributed by atoms with Crippen LogP contribution in [0, 0.1) is 5.92 Å². The van der Waals surface area contributed by atoms with Gasteiger partial charge in [0.25, 0.3) is 5.91 Å². The predicted molar refractivity (Wildman–Crippen MR) is 104 cm³/mol. The van der Waals surface area contributed by atoms with Crippen molar-refractivity contribution in [2.75, 3.05) is 4.90 Å². The number of allylic oxidation sites excluding steroid dienone is 3. The van der Waals surface area contributed by atoms with Crippen LogP contribution in [0.3, 0.4) is 0 Å². The highest BCUT2D eigenvalue weighted by Crippen LogP contribution is 2.51. The minimum absolute atomic E-state index is 0.0820. The maximum atomic E-state index is 13.7. The number of anilines is 1. The fourth-order valence-corrected chi connectivity index (χ4v) is 3.84. The van der Waals surface area contributed by atoms with Crippen LogP contribution in [-0.2, 0) is 24.5 Å². The average Bonchev–Trinajstić information content (AvgIpc) is 2.84. The molecule has 0 saturated carbocycles. The largest absolute Gasteiger partial charge is 0.443 e. The van der Waals surface area contributed by atoms with E-state index in [1.807, 2.05) is 0 Å². The number of ether oxygens (including phenoxy) is 1. The molecule has 28 heavy (non-hydrogen) atoms. The summed E-state index contributed by atoms with van der Waals surface area (Å²) >= 11 is 0. The SMILES string of the molecule is CC(C)C1(C2=CC(=O)C=CC2=O)C(=O)N(C(=O)OC(C)(C)C)c2ccccc21. The molecule has 0 fully saturated rings. The zero-order valence-corrected chi connectivity index (χ0v) is 16.6. The van der Waals surface area contributed by atoms with Crippen LogP contribution in [0.4, 0.5) is 10.5 Å². The van der Waals surface area contributed by atoms with Gasteiger partial charge in [-0.05, 0) is 56.5 Å². The number of para-hydroxylation sites is 1. The number of benzene rings is 1. The first-order valence-corrected chi connectivity index (χ1v) is 9.15. The van der Waals surface area contributed by atoms with E-state index in [-0.39, 0.29) is 17.3 Å². The van der Waals surface area contributed by atoms with Gasteiger partial charge >= 0.3 is 6.09 Å². The molecule has 6 nitrogen and oxygen atoms in total. The number of hydrogen-bond acceptors (Lipinski definition) is 5. The molecule has 3 rings (SSSR count). The molecule has 0 bridgehead atoms. The van der Waals surface area contributed by atoms with Gasteiger partial charge in [0.05, 0.1) is 5.69 Å². The highest BCUT2D eigenvalue weighted by atomic mass is 16.6. The molecule has 0 radical (unpaired) electrons. The highest BCUT2D eigenvalue weighted by Gasteiger charge is 2.59. The molecule has 2 amide bonds. The summed E-state index contributed by atoms with van der Waals surface area (Å²) < 4.78 is 5.44. The van der Waals surface area contributed by atoms with Crippen molar-refractivity contribution in [1.29, 1.82) is 0 Å². The van der Waals surface area contributed by atoms with Crippen molar-refractivity contribution in [3.05, 3.63) is 53.6 Å². The van der Waals surface area contributed by atoms with Crippen LogP contribution in [0.25, 0.3) is 0 Å². The fraction of sp³-hybridized carbons (Fsp3) is 0.364. The molecular formula is C22H23NO5. The van der Waals surface area contributed by atoms with Crippen molar-refractivity contribution in [2.45, 2.75) is 45.6 Å². The Morgan fingerprint density at radius 2 is 1.71 bits per heavy atom. The molecule has 1 aliphatic heterocycles. The standard InChI is InChI=1S/C22H23NO5/c1-13(2)22(16-12-14(24)10-11-18(16)25)15-8-6-7-9-17(15)23(19(22)26)20(27)28-21(3,4)5/h6-13H,1-5H3. The number of carbonyl (C=O) groups is 4. The van der Waals surface area contributed by atoms with Crippen molar-refractivity contribution >= 4 is 29.3 Å². The minimum Gasteiger partial charge on any atom is -0.443 e. The molecule has 1 aromatic carbocycles. The van der Waals surface area contributed by atoms with E-state index < -0.39 is 28.8 Å². The molecule has 1 aliphatic carbocycles. The molecule has 0 saturated heterocycles. The summed E-state index contributed by atoms with van der Waals surface area (Å²) in [5.41, 5.74) is -1.27. The summed E-state index contributed by atoms with van der Waals surface area (Å²) in [4.78, 5) is 52.3. The summed E-state index contributed by atoms with van der Waals surface area (Å²) in [6.07, 6.45) is 2.75. The molecule has 1 unspecified atom stereocenters. The Bertz CT molecular complexity index is 948. The quantitative estimate of drug-likeness (QED) is 0.733. The summed E-state index contributed by atoms with van der Waals surface area (Å²) in [6.45, 7) is 8.73. The second kappa shape index (κ2) is 6.55. The zero-order valence-electron chi connectivity index (χ0n) is 16.6. The lowest BCUT2D eigenvalue weighted by Crippen LogP contribution is -2.50. The average molecular weight is 381 g/mol. The van der Waals surface area contributed by atoms with Gasteiger partial charge in [-0.2, -0.15) is 0 Å². The van der Waals surface area contributed by atoms with Gasteiger partial charge in [0.15, 0.2) is 11.6 Å². The molecule has 1 aromatic rings. The van der Waals surface area contributed by atoms with Crippen molar-refractivity contribution < 1.29 is 23.9 Å². The number of imide groups is 1. The Morgan fingerprint density at radius 3 is 2.32 bits per heavy atom. The molecule has 0 aromatic heterocycles. The summed E-state index contributed by atoms with van der Waals surface area (Å²) in [6, 6.07) is 6.82. The molecule has 0 N–H and O–H groups in total. The van der Waals surface area contributed by atoms with Gasteiger partial charge in [-0.15, -0.1) is 0 Å². The number of nitrogens with zero attached hydrogens (tertiary/aromatic N) is 1. The Hall–Kier alpha value is -3.02. The maximum absolute atomic E-state index is 13.7. The maximum Gasteiger partial charge on any atom is 0.421 e. The summed E-state index contributed by atoms with van der Waals surface area (Å²) in [5.74, 6) is -1.75. The first-order chi connectivity index (χ1) is 13.0. The van der Waals surface area contributed by atoms with Gasteiger partial charge in [-0.25, -0.2) is 9.69 Å². The van der Waals surface area contributed by atoms with E-state index in [0.29, 0.717) is 11.3 Å². The molecule has 1 atom stereocenters. The van der Waals surface area contributed by atoms with Crippen LogP contribution in [-0.4, -0.2) is 29.2 Å². The van der Waals surface area contributed by atoms with E-state index in [1.165, 1.54) is 18.2 Å². The van der Waals surface area contributed by atoms with Crippen molar-refractivity contribution in [3.63, 3.8) is 0 Å². The van der Waals surface area contributed by atoms with Crippen LogP contribution in [0.2, 0.25) is 0 Å². The lowest BCUT2D eigenvalue weighted by Gasteiger charge is -2.34. The van der Waals surface area contributed by atoms with Crippen molar-refractivity contribution in [1.82, 2.24) is 0 Å². The molecule has 6 heteroatoms. The van der Waals surface area contributed by atoms with Gasteiger partial charge in [0, 0.05) is 5.57 Å². The Balaban J connectivity index is 2.25. The Morgan fingerprint density at radius 1 is 1.07 bits per heavy atom. The number of ketones is 2. The normalized spacial score (nSPS) is 21.9. The van der Waals surface area contributed by atoms with Crippen LogP contribution in [0.15, 0.2) is 48.1 Å². The van der Waals surface area contributed by atoms with Crippen LogP contribution >= 0.6 is 0 Å². The number of fused-ring (bicyclic) bond motifs is 1.